The van der Waals surface area contributed by atoms with Crippen LogP contribution in [0.1, 0.15) is 32.0 Å². The Hall–Kier alpha value is -6.39. The molecule has 260 valence electrons. The molecule has 12 nitrogen and oxygen atoms in total. The SMILES string of the molecule is CN(C)C(=O)c1c(NC(=O)c2ccccc2-c2ccc(C(F)(F)F)cc2)cc(F)c(OC(=O)OCC(C(=O)O)(C(=O)O)c2ccccn2)c1F. The largest absolute Gasteiger partial charge is 0.514 e. The molecule has 4 aromatic rings. The predicted octanol–water partition coefficient (Wildman–Crippen LogP) is 5.62. The fourth-order valence-electron chi connectivity index (χ4n) is 4.59. The van der Waals surface area contributed by atoms with Crippen LogP contribution in [-0.4, -0.2) is 70.7 Å². The molecule has 1 aromatic heterocycles. The van der Waals surface area contributed by atoms with Crippen LogP contribution < -0.4 is 10.1 Å². The number of hydrogen-bond acceptors (Lipinski definition) is 8. The molecular weight excluding hydrogens is 677 g/mol. The lowest BCUT2D eigenvalue weighted by molar-refractivity contribution is -0.160. The van der Waals surface area contributed by atoms with E-state index in [0.717, 1.165) is 41.4 Å². The van der Waals surface area contributed by atoms with Crippen LogP contribution in [0.2, 0.25) is 0 Å². The summed E-state index contributed by atoms with van der Waals surface area (Å²) in [5.74, 6) is -11.2. The quantitative estimate of drug-likeness (QED) is 0.0815. The number of carboxylic acids is 2. The number of nitrogens with zero attached hydrogens (tertiary/aromatic N) is 2. The Morgan fingerprint density at radius 1 is 0.880 bits per heavy atom. The predicted molar refractivity (Wildman–Crippen MR) is 162 cm³/mol. The highest BCUT2D eigenvalue weighted by Crippen LogP contribution is 2.35. The molecule has 3 aromatic carbocycles. The number of carboxylic acid groups (broad SMARTS) is 2. The van der Waals surface area contributed by atoms with Crippen LogP contribution in [0.4, 0.5) is 32.4 Å². The third kappa shape index (κ3) is 7.35. The molecule has 0 unspecified atom stereocenters. The number of rotatable bonds is 10. The van der Waals surface area contributed by atoms with Crippen molar-refractivity contribution in [3.05, 3.63) is 113 Å². The molecule has 0 bridgehead atoms. The van der Waals surface area contributed by atoms with Crippen LogP contribution in [-0.2, 0) is 25.9 Å². The second-order valence-corrected chi connectivity index (χ2v) is 10.6. The Bertz CT molecular complexity index is 1950. The molecule has 0 aliphatic heterocycles. The normalized spacial score (nSPS) is 11.3. The van der Waals surface area contributed by atoms with Gasteiger partial charge in [0.2, 0.25) is 11.2 Å². The van der Waals surface area contributed by atoms with Gasteiger partial charge in [-0.3, -0.25) is 24.2 Å². The maximum atomic E-state index is 15.8. The Kier molecular flexibility index (Phi) is 10.5. The van der Waals surface area contributed by atoms with Gasteiger partial charge in [-0.2, -0.15) is 13.2 Å². The first-order valence-electron chi connectivity index (χ1n) is 14.0. The molecule has 0 saturated carbocycles. The van der Waals surface area contributed by atoms with Crippen molar-refractivity contribution in [1.29, 1.82) is 0 Å². The zero-order valence-electron chi connectivity index (χ0n) is 25.7. The van der Waals surface area contributed by atoms with Crippen molar-refractivity contribution in [1.82, 2.24) is 9.88 Å². The molecular formula is C33H24F5N3O9. The number of alkyl halides is 3. The molecule has 0 aliphatic rings. The summed E-state index contributed by atoms with van der Waals surface area (Å²) in [6.07, 6.45) is -5.50. The highest BCUT2D eigenvalue weighted by molar-refractivity contribution is 6.12. The first-order valence-corrected chi connectivity index (χ1v) is 14.0. The molecule has 4 rings (SSSR count). The van der Waals surface area contributed by atoms with Gasteiger partial charge in [-0.25, -0.2) is 13.6 Å². The number of aromatic nitrogens is 1. The number of pyridine rings is 1. The molecule has 0 fully saturated rings. The summed E-state index contributed by atoms with van der Waals surface area (Å²) in [5.41, 5.74) is -6.02. The number of nitrogens with one attached hydrogen (secondary N) is 1. The third-order valence-corrected chi connectivity index (χ3v) is 7.16. The van der Waals surface area contributed by atoms with E-state index >= 15 is 8.78 Å². The average Bonchev–Trinajstić information content (AvgIpc) is 3.06. The van der Waals surface area contributed by atoms with E-state index in [9.17, 15) is 47.4 Å². The minimum absolute atomic E-state index is 0.132. The molecule has 17 heteroatoms. The van der Waals surface area contributed by atoms with Crippen molar-refractivity contribution in [2.75, 3.05) is 26.0 Å². The average molecular weight is 702 g/mol. The monoisotopic (exact) mass is 701 g/mol. The summed E-state index contributed by atoms with van der Waals surface area (Å²) in [6.45, 7) is -1.44. The number of ether oxygens (including phenoxy) is 2. The van der Waals surface area contributed by atoms with Crippen LogP contribution in [0, 0.1) is 11.6 Å². The van der Waals surface area contributed by atoms with Gasteiger partial charge in [0.1, 0.15) is 12.2 Å². The molecule has 0 atom stereocenters. The second kappa shape index (κ2) is 14.4. The van der Waals surface area contributed by atoms with E-state index in [0.29, 0.717) is 6.07 Å². The molecule has 0 aliphatic carbocycles. The van der Waals surface area contributed by atoms with Crippen molar-refractivity contribution in [2.24, 2.45) is 0 Å². The van der Waals surface area contributed by atoms with Crippen molar-refractivity contribution in [2.45, 2.75) is 11.6 Å². The fourth-order valence-corrected chi connectivity index (χ4v) is 4.59. The standard InChI is InChI=1S/C33H24F5N3O9/c1-41(2)28(43)24-22(40-27(42)20-8-4-3-7-19(20)17-10-12-18(13-11-17)33(36,37)38)15-21(34)26(25(24)35)50-31(48)49-16-32(29(44)45,30(46)47)23-9-5-6-14-39-23/h3-15H,16H2,1-2H3,(H,40,42)(H,44,45)(H,46,47). The van der Waals surface area contributed by atoms with Gasteiger partial charge >= 0.3 is 24.3 Å². The Balaban J connectivity index is 1.66. The van der Waals surface area contributed by atoms with Crippen LogP contribution in [0.25, 0.3) is 11.1 Å². The van der Waals surface area contributed by atoms with Gasteiger partial charge in [0, 0.05) is 31.9 Å². The Morgan fingerprint density at radius 3 is 2.06 bits per heavy atom. The van der Waals surface area contributed by atoms with Crippen LogP contribution in [0.3, 0.4) is 0 Å². The number of hydrogen-bond donors (Lipinski definition) is 3. The molecule has 50 heavy (non-hydrogen) atoms. The van der Waals surface area contributed by atoms with Gasteiger partial charge < -0.3 is 29.9 Å². The summed E-state index contributed by atoms with van der Waals surface area (Å²) in [5, 5.41) is 21.6. The third-order valence-electron chi connectivity index (χ3n) is 7.16. The van der Waals surface area contributed by atoms with Gasteiger partial charge in [-0.1, -0.05) is 36.4 Å². The summed E-state index contributed by atoms with van der Waals surface area (Å²) in [6, 6.07) is 13.5. The van der Waals surface area contributed by atoms with Crippen molar-refractivity contribution in [3.63, 3.8) is 0 Å². The number of benzene rings is 3. The number of aliphatic carboxylic acids is 2. The summed E-state index contributed by atoms with van der Waals surface area (Å²) in [7, 11) is 2.36. The smallest absolute Gasteiger partial charge is 0.480 e. The maximum absolute atomic E-state index is 15.8. The molecule has 2 amide bonds. The molecule has 3 N–H and O–H groups in total. The van der Waals surface area contributed by atoms with E-state index in [4.69, 9.17) is 0 Å². The fraction of sp³-hybridized carbons (Fsp3) is 0.152. The lowest BCUT2D eigenvalue weighted by Gasteiger charge is -2.23. The molecule has 0 saturated heterocycles. The number of carbonyl (C=O) groups excluding carboxylic acids is 3. The van der Waals surface area contributed by atoms with E-state index < -0.39 is 88.0 Å². The van der Waals surface area contributed by atoms with E-state index in [-0.39, 0.29) is 16.7 Å². The summed E-state index contributed by atoms with van der Waals surface area (Å²) in [4.78, 5) is 67.5. The molecule has 0 spiro atoms. The molecule has 0 radical (unpaired) electrons. The van der Waals surface area contributed by atoms with Crippen LogP contribution in [0.15, 0.2) is 79.0 Å². The van der Waals surface area contributed by atoms with Gasteiger partial charge in [0.25, 0.3) is 11.8 Å². The van der Waals surface area contributed by atoms with Gasteiger partial charge in [0.05, 0.1) is 16.9 Å². The second-order valence-electron chi connectivity index (χ2n) is 10.6. The number of halogens is 5. The van der Waals surface area contributed by atoms with Crippen LogP contribution in [0.5, 0.6) is 5.75 Å². The van der Waals surface area contributed by atoms with Crippen LogP contribution >= 0.6 is 0 Å². The number of carbonyl (C=O) groups is 5. The topological polar surface area (TPSA) is 172 Å². The first-order chi connectivity index (χ1) is 23.5. The summed E-state index contributed by atoms with van der Waals surface area (Å²) < 4.78 is 79.6. The Labute approximate surface area is 278 Å². The van der Waals surface area contributed by atoms with Gasteiger partial charge in [0.15, 0.2) is 11.6 Å². The molecule has 1 heterocycles. The zero-order valence-corrected chi connectivity index (χ0v) is 25.7. The number of anilines is 1. The Morgan fingerprint density at radius 2 is 1.50 bits per heavy atom. The van der Waals surface area contributed by atoms with Gasteiger partial charge in [-0.15, -0.1) is 0 Å². The lowest BCUT2D eigenvalue weighted by atomic mass is 9.85. The van der Waals surface area contributed by atoms with Crippen molar-refractivity contribution < 1.29 is 65.6 Å². The van der Waals surface area contributed by atoms with E-state index in [1.807, 2.05) is 0 Å². The highest BCUT2D eigenvalue weighted by Gasteiger charge is 2.51. The van der Waals surface area contributed by atoms with E-state index in [1.54, 1.807) is 0 Å². The summed E-state index contributed by atoms with van der Waals surface area (Å²) >= 11 is 0. The minimum Gasteiger partial charge on any atom is -0.480 e. The zero-order chi connectivity index (χ0) is 37.0. The number of amides is 2. The maximum Gasteiger partial charge on any atom is 0.514 e. The lowest BCUT2D eigenvalue weighted by Crippen LogP contribution is -2.49. The van der Waals surface area contributed by atoms with E-state index in [1.165, 1.54) is 50.5 Å². The van der Waals surface area contributed by atoms with Crippen molar-refractivity contribution >= 4 is 35.6 Å². The van der Waals surface area contributed by atoms with E-state index in [2.05, 4.69) is 19.8 Å². The van der Waals surface area contributed by atoms with Crippen molar-refractivity contribution in [3.8, 4) is 16.9 Å². The minimum atomic E-state index is -4.62. The highest BCUT2D eigenvalue weighted by atomic mass is 19.4. The van der Waals surface area contributed by atoms with Gasteiger partial charge in [-0.05, 0) is 41.5 Å². The first kappa shape index (κ1) is 36.4.